The molecular formula is C22H23NO6. The van der Waals surface area contributed by atoms with Crippen LogP contribution >= 0.6 is 0 Å². The summed E-state index contributed by atoms with van der Waals surface area (Å²) < 4.78 is 5.57. The summed E-state index contributed by atoms with van der Waals surface area (Å²) in [5, 5.41) is 59.8. The van der Waals surface area contributed by atoms with E-state index < -0.39 is 37.1 Å². The third-order valence-corrected chi connectivity index (χ3v) is 5.90. The van der Waals surface area contributed by atoms with Crippen molar-refractivity contribution in [3.05, 3.63) is 63.7 Å². The van der Waals surface area contributed by atoms with Crippen LogP contribution in [0.5, 0.6) is 5.75 Å². The van der Waals surface area contributed by atoms with Gasteiger partial charge in [-0.2, -0.15) is 5.26 Å². The molecular weight excluding hydrogens is 374 g/mol. The Balaban J connectivity index is 1.69. The molecule has 2 aliphatic rings. The Labute approximate surface area is 168 Å². The quantitative estimate of drug-likeness (QED) is 0.506. The molecule has 1 aliphatic heterocycles. The molecule has 5 N–H and O–H groups in total. The molecule has 1 aliphatic carbocycles. The van der Waals surface area contributed by atoms with E-state index in [1.165, 1.54) is 17.2 Å². The smallest absolute Gasteiger partial charge is 0.122 e. The number of aryl methyl sites for hydroxylation is 2. The van der Waals surface area contributed by atoms with Gasteiger partial charge in [-0.3, -0.25) is 0 Å². The number of nitrogens with zero attached hydrogens (tertiary/aromatic N) is 1. The maximum Gasteiger partial charge on any atom is 0.122 e. The first-order valence-corrected chi connectivity index (χ1v) is 9.60. The summed E-state index contributed by atoms with van der Waals surface area (Å²) in [4.78, 5) is 0. The van der Waals surface area contributed by atoms with Crippen LogP contribution in [0.4, 0.5) is 0 Å². The SMILES string of the molecule is N#Cc1cc(O)c([C@@H]2O[C@H](CO)[C@@H](O)[C@H](O)[C@H]2O)cc1Cc1ccc2c(c1)CC2. The Kier molecular flexibility index (Phi) is 5.30. The summed E-state index contributed by atoms with van der Waals surface area (Å²) in [6.07, 6.45) is -4.18. The Hall–Kier alpha value is -2.47. The molecule has 0 aromatic heterocycles. The first-order valence-electron chi connectivity index (χ1n) is 9.60. The molecule has 0 radical (unpaired) electrons. The van der Waals surface area contributed by atoms with Gasteiger partial charge >= 0.3 is 0 Å². The zero-order valence-corrected chi connectivity index (χ0v) is 15.7. The fourth-order valence-electron chi connectivity index (χ4n) is 4.07. The minimum absolute atomic E-state index is 0.194. The molecule has 0 unspecified atom stereocenters. The molecule has 5 atom stereocenters. The van der Waals surface area contributed by atoms with Crippen molar-refractivity contribution in [2.75, 3.05) is 6.61 Å². The standard InChI is InChI=1S/C22H23NO6/c23-9-15-8-17(25)16(22-21(28)20(27)19(26)18(10-24)29-22)7-14(15)6-11-1-2-12-3-4-13(12)5-11/h1-2,5,7-8,18-22,24-28H,3-4,6,10H2/t18-,19-,20+,21-,22+/m1/s1. The molecule has 4 rings (SSSR count). The number of aliphatic hydroxyl groups is 4. The van der Waals surface area contributed by atoms with Crippen molar-refractivity contribution in [1.29, 1.82) is 5.26 Å². The van der Waals surface area contributed by atoms with E-state index in [0.717, 1.165) is 18.4 Å². The largest absolute Gasteiger partial charge is 0.508 e. The first-order chi connectivity index (χ1) is 13.9. The number of fused-ring (bicyclic) bond motifs is 1. The highest BCUT2D eigenvalue weighted by Crippen LogP contribution is 2.38. The summed E-state index contributed by atoms with van der Waals surface area (Å²) in [6, 6.07) is 11.2. The van der Waals surface area contributed by atoms with Crippen molar-refractivity contribution < 1.29 is 30.3 Å². The van der Waals surface area contributed by atoms with Gasteiger partial charge in [-0.25, -0.2) is 0 Å². The zero-order chi connectivity index (χ0) is 20.7. The lowest BCUT2D eigenvalue weighted by atomic mass is 9.85. The number of hydrogen-bond donors (Lipinski definition) is 5. The second kappa shape index (κ2) is 7.75. The van der Waals surface area contributed by atoms with E-state index in [1.54, 1.807) is 6.07 Å². The lowest BCUT2D eigenvalue weighted by Gasteiger charge is -2.40. The van der Waals surface area contributed by atoms with Crippen LogP contribution in [0.1, 0.15) is 39.5 Å². The molecule has 0 bridgehead atoms. The Morgan fingerprint density at radius 2 is 1.76 bits per heavy atom. The lowest BCUT2D eigenvalue weighted by molar-refractivity contribution is -0.232. The summed E-state index contributed by atoms with van der Waals surface area (Å²) in [7, 11) is 0. The fraction of sp³-hybridized carbons (Fsp3) is 0.409. The number of phenolic OH excluding ortho intramolecular Hbond substituents is 1. The second-order valence-corrected chi connectivity index (χ2v) is 7.71. The number of aromatic hydroxyl groups is 1. The average molecular weight is 397 g/mol. The van der Waals surface area contributed by atoms with Crippen LogP contribution in [0, 0.1) is 11.3 Å². The Bertz CT molecular complexity index is 967. The second-order valence-electron chi connectivity index (χ2n) is 7.71. The van der Waals surface area contributed by atoms with E-state index in [4.69, 9.17) is 4.74 Å². The minimum atomic E-state index is -1.54. The van der Waals surface area contributed by atoms with Crippen molar-refractivity contribution in [1.82, 2.24) is 0 Å². The highest BCUT2D eigenvalue weighted by atomic mass is 16.5. The van der Waals surface area contributed by atoms with Crippen LogP contribution in [-0.2, 0) is 24.0 Å². The average Bonchev–Trinajstić information content (AvgIpc) is 2.70. The number of phenols is 1. The zero-order valence-electron chi connectivity index (χ0n) is 15.7. The summed E-state index contributed by atoms with van der Waals surface area (Å²) >= 11 is 0. The van der Waals surface area contributed by atoms with Crippen LogP contribution in [0.2, 0.25) is 0 Å². The molecule has 0 saturated carbocycles. The van der Waals surface area contributed by atoms with Gasteiger partial charge in [-0.05, 0) is 53.6 Å². The lowest BCUT2D eigenvalue weighted by Crippen LogP contribution is -2.55. The number of rotatable bonds is 4. The molecule has 29 heavy (non-hydrogen) atoms. The third-order valence-electron chi connectivity index (χ3n) is 5.90. The van der Waals surface area contributed by atoms with Gasteiger partial charge < -0.3 is 30.3 Å². The van der Waals surface area contributed by atoms with Gasteiger partial charge in [0.25, 0.3) is 0 Å². The molecule has 152 valence electrons. The van der Waals surface area contributed by atoms with Gasteiger partial charge in [-0.15, -0.1) is 0 Å². The number of ether oxygens (including phenoxy) is 1. The van der Waals surface area contributed by atoms with Gasteiger partial charge in [0, 0.05) is 5.56 Å². The van der Waals surface area contributed by atoms with Crippen molar-refractivity contribution in [2.45, 2.75) is 49.8 Å². The van der Waals surface area contributed by atoms with Gasteiger partial charge in [-0.1, -0.05) is 18.2 Å². The molecule has 2 aromatic rings. The van der Waals surface area contributed by atoms with Crippen LogP contribution in [0.15, 0.2) is 30.3 Å². The number of nitriles is 1. The number of hydrogen-bond acceptors (Lipinski definition) is 7. The van der Waals surface area contributed by atoms with Crippen LogP contribution < -0.4 is 0 Å². The van der Waals surface area contributed by atoms with Crippen molar-refractivity contribution >= 4 is 0 Å². The summed E-state index contributed by atoms with van der Waals surface area (Å²) in [5.74, 6) is -0.258. The summed E-state index contributed by atoms with van der Waals surface area (Å²) in [5.41, 5.74) is 4.82. The van der Waals surface area contributed by atoms with E-state index >= 15 is 0 Å². The van der Waals surface area contributed by atoms with E-state index in [1.807, 2.05) is 6.07 Å². The van der Waals surface area contributed by atoms with Crippen LogP contribution in [0.25, 0.3) is 0 Å². The van der Waals surface area contributed by atoms with Crippen molar-refractivity contribution in [3.8, 4) is 11.8 Å². The van der Waals surface area contributed by atoms with E-state index in [0.29, 0.717) is 17.5 Å². The summed E-state index contributed by atoms with van der Waals surface area (Å²) in [6.45, 7) is -0.555. The molecule has 1 saturated heterocycles. The van der Waals surface area contributed by atoms with E-state index in [9.17, 15) is 30.8 Å². The van der Waals surface area contributed by atoms with Gasteiger partial charge in [0.1, 0.15) is 36.3 Å². The van der Waals surface area contributed by atoms with Crippen LogP contribution in [-0.4, -0.2) is 56.6 Å². The van der Waals surface area contributed by atoms with Crippen molar-refractivity contribution in [2.24, 2.45) is 0 Å². The van der Waals surface area contributed by atoms with Gasteiger partial charge in [0.05, 0.1) is 18.2 Å². The van der Waals surface area contributed by atoms with E-state index in [-0.39, 0.29) is 11.3 Å². The van der Waals surface area contributed by atoms with Gasteiger partial charge in [0.15, 0.2) is 0 Å². The molecule has 7 heteroatoms. The minimum Gasteiger partial charge on any atom is -0.508 e. The van der Waals surface area contributed by atoms with Gasteiger partial charge in [0.2, 0.25) is 0 Å². The fourth-order valence-corrected chi connectivity index (χ4v) is 4.07. The van der Waals surface area contributed by atoms with Crippen LogP contribution in [0.3, 0.4) is 0 Å². The Morgan fingerprint density at radius 3 is 2.38 bits per heavy atom. The predicted octanol–water partition coefficient (Wildman–Crippen LogP) is 0.468. The highest BCUT2D eigenvalue weighted by molar-refractivity contribution is 5.51. The normalized spacial score (nSPS) is 28.3. The maximum atomic E-state index is 10.4. The third kappa shape index (κ3) is 3.50. The predicted molar refractivity (Wildman–Crippen MR) is 102 cm³/mol. The maximum absolute atomic E-state index is 10.4. The molecule has 0 amide bonds. The Morgan fingerprint density at radius 1 is 1.00 bits per heavy atom. The topological polar surface area (TPSA) is 134 Å². The van der Waals surface area contributed by atoms with Crippen molar-refractivity contribution in [3.63, 3.8) is 0 Å². The molecule has 1 heterocycles. The molecule has 7 nitrogen and oxygen atoms in total. The first kappa shape index (κ1) is 19.8. The number of benzene rings is 2. The molecule has 2 aromatic carbocycles. The highest BCUT2D eigenvalue weighted by Gasteiger charge is 2.44. The monoisotopic (exact) mass is 397 g/mol. The molecule has 0 spiro atoms. The van der Waals surface area contributed by atoms with E-state index in [2.05, 4.69) is 18.2 Å². The number of aliphatic hydroxyl groups excluding tert-OH is 4. The molecule has 1 fully saturated rings.